The Kier molecular flexibility index (Phi) is 5.20. The molecule has 0 aliphatic carbocycles. The molecular weight excluding hydrogens is 312 g/mol. The molecule has 102 valence electrons. The average Bonchev–Trinajstić information content (AvgIpc) is 2.47. The maximum absolute atomic E-state index is 9.20. The number of benzene rings is 2. The van der Waals surface area contributed by atoms with E-state index in [0.717, 1.165) is 22.3 Å². The molecule has 0 aliphatic heterocycles. The van der Waals surface area contributed by atoms with Gasteiger partial charge < -0.3 is 5.32 Å². The van der Waals surface area contributed by atoms with Crippen LogP contribution in [0.15, 0.2) is 46.9 Å². The first-order valence-electron chi connectivity index (χ1n) is 6.79. The third-order valence-electron chi connectivity index (χ3n) is 3.18. The van der Waals surface area contributed by atoms with Crippen molar-refractivity contribution in [2.24, 2.45) is 0 Å². The third-order valence-corrected chi connectivity index (χ3v) is 3.84. The van der Waals surface area contributed by atoms with Gasteiger partial charge in [0.05, 0.1) is 11.3 Å². The van der Waals surface area contributed by atoms with Crippen molar-refractivity contribution in [1.82, 2.24) is 0 Å². The van der Waals surface area contributed by atoms with Crippen molar-refractivity contribution >= 4 is 27.3 Å². The maximum atomic E-state index is 9.20. The molecule has 0 bridgehead atoms. The van der Waals surface area contributed by atoms with Crippen LogP contribution in [0.2, 0.25) is 0 Å². The number of aryl methyl sites for hydroxylation is 1. The van der Waals surface area contributed by atoms with Gasteiger partial charge in [-0.1, -0.05) is 31.5 Å². The van der Waals surface area contributed by atoms with E-state index >= 15 is 0 Å². The summed E-state index contributed by atoms with van der Waals surface area (Å²) in [5.41, 5.74) is 3.80. The number of halogens is 1. The number of nitrogens with one attached hydrogen (secondary N) is 1. The fourth-order valence-electron chi connectivity index (χ4n) is 2.03. The van der Waals surface area contributed by atoms with Crippen LogP contribution in [0.5, 0.6) is 0 Å². The zero-order valence-electron chi connectivity index (χ0n) is 11.5. The lowest BCUT2D eigenvalue weighted by Gasteiger charge is -2.10. The Morgan fingerprint density at radius 2 is 1.90 bits per heavy atom. The van der Waals surface area contributed by atoms with E-state index in [2.05, 4.69) is 58.5 Å². The number of hydrogen-bond donors (Lipinski definition) is 1. The van der Waals surface area contributed by atoms with E-state index in [1.807, 2.05) is 18.2 Å². The van der Waals surface area contributed by atoms with Gasteiger partial charge in [-0.3, -0.25) is 0 Å². The van der Waals surface area contributed by atoms with Crippen LogP contribution in [0.1, 0.15) is 30.9 Å². The van der Waals surface area contributed by atoms with Gasteiger partial charge in [0.1, 0.15) is 6.07 Å². The van der Waals surface area contributed by atoms with Gasteiger partial charge in [-0.15, -0.1) is 0 Å². The standard InChI is InChI=1S/C17H17BrN2/c1-2-3-5-13-8-10-14(11-9-13)20-17-7-4-6-16(18)15(17)12-19/h4,6-11,20H,2-3,5H2,1H3. The number of nitriles is 1. The molecule has 20 heavy (non-hydrogen) atoms. The zero-order valence-corrected chi connectivity index (χ0v) is 13.1. The molecule has 2 aromatic rings. The molecule has 3 heteroatoms. The van der Waals surface area contributed by atoms with Crippen LogP contribution in [-0.2, 0) is 6.42 Å². The molecule has 0 aliphatic rings. The van der Waals surface area contributed by atoms with Crippen LogP contribution in [-0.4, -0.2) is 0 Å². The molecule has 0 atom stereocenters. The van der Waals surface area contributed by atoms with Crippen molar-refractivity contribution in [3.8, 4) is 6.07 Å². The smallest absolute Gasteiger partial charge is 0.103 e. The van der Waals surface area contributed by atoms with Gasteiger partial charge in [0, 0.05) is 10.2 Å². The molecule has 0 spiro atoms. The number of anilines is 2. The molecule has 0 saturated heterocycles. The van der Waals surface area contributed by atoms with E-state index < -0.39 is 0 Å². The first kappa shape index (κ1) is 14.6. The van der Waals surface area contributed by atoms with E-state index in [1.165, 1.54) is 18.4 Å². The largest absolute Gasteiger partial charge is 0.354 e. The van der Waals surface area contributed by atoms with E-state index in [9.17, 15) is 5.26 Å². The van der Waals surface area contributed by atoms with Crippen molar-refractivity contribution in [3.63, 3.8) is 0 Å². The Morgan fingerprint density at radius 3 is 2.55 bits per heavy atom. The van der Waals surface area contributed by atoms with Crippen LogP contribution in [0.25, 0.3) is 0 Å². The summed E-state index contributed by atoms with van der Waals surface area (Å²) in [6.45, 7) is 2.20. The minimum atomic E-state index is 0.627. The second-order valence-electron chi connectivity index (χ2n) is 4.70. The van der Waals surface area contributed by atoms with Crippen LogP contribution in [0.3, 0.4) is 0 Å². The zero-order chi connectivity index (χ0) is 14.4. The van der Waals surface area contributed by atoms with Crippen molar-refractivity contribution in [1.29, 1.82) is 5.26 Å². The van der Waals surface area contributed by atoms with Gasteiger partial charge >= 0.3 is 0 Å². The molecule has 2 rings (SSSR count). The predicted molar refractivity (Wildman–Crippen MR) is 87.2 cm³/mol. The highest BCUT2D eigenvalue weighted by molar-refractivity contribution is 9.10. The molecule has 0 unspecified atom stereocenters. The van der Waals surface area contributed by atoms with Gasteiger partial charge in [0.2, 0.25) is 0 Å². The maximum Gasteiger partial charge on any atom is 0.103 e. The topological polar surface area (TPSA) is 35.8 Å². The molecule has 2 nitrogen and oxygen atoms in total. The average molecular weight is 329 g/mol. The summed E-state index contributed by atoms with van der Waals surface area (Å²) in [5, 5.41) is 12.5. The molecule has 0 radical (unpaired) electrons. The summed E-state index contributed by atoms with van der Waals surface area (Å²) < 4.78 is 0.810. The lowest BCUT2D eigenvalue weighted by atomic mass is 10.1. The van der Waals surface area contributed by atoms with Gasteiger partial charge in [-0.2, -0.15) is 5.26 Å². The minimum Gasteiger partial charge on any atom is -0.354 e. The molecule has 1 N–H and O–H groups in total. The number of nitrogens with zero attached hydrogens (tertiary/aromatic N) is 1. The molecular formula is C17H17BrN2. The molecule has 0 fully saturated rings. The van der Waals surface area contributed by atoms with E-state index in [-0.39, 0.29) is 0 Å². The lowest BCUT2D eigenvalue weighted by Crippen LogP contribution is -1.94. The van der Waals surface area contributed by atoms with Gasteiger partial charge in [0.25, 0.3) is 0 Å². The summed E-state index contributed by atoms with van der Waals surface area (Å²) in [6, 6.07) is 16.3. The van der Waals surface area contributed by atoms with Crippen LogP contribution in [0, 0.1) is 11.3 Å². The minimum absolute atomic E-state index is 0.627. The Morgan fingerprint density at radius 1 is 1.15 bits per heavy atom. The van der Waals surface area contributed by atoms with Crippen molar-refractivity contribution in [3.05, 3.63) is 58.1 Å². The molecule has 2 aromatic carbocycles. The molecule has 0 aromatic heterocycles. The summed E-state index contributed by atoms with van der Waals surface area (Å²) in [5.74, 6) is 0. The monoisotopic (exact) mass is 328 g/mol. The Labute approximate surface area is 128 Å². The molecule has 0 saturated carbocycles. The fourth-order valence-corrected chi connectivity index (χ4v) is 2.49. The highest BCUT2D eigenvalue weighted by Crippen LogP contribution is 2.26. The van der Waals surface area contributed by atoms with Crippen LogP contribution in [0.4, 0.5) is 11.4 Å². The number of unbranched alkanes of at least 4 members (excludes halogenated alkanes) is 1. The number of hydrogen-bond acceptors (Lipinski definition) is 2. The van der Waals surface area contributed by atoms with Gasteiger partial charge in [-0.25, -0.2) is 0 Å². The van der Waals surface area contributed by atoms with Crippen molar-refractivity contribution in [2.75, 3.05) is 5.32 Å². The predicted octanol–water partition coefficient (Wildman–Crippen LogP) is 5.41. The summed E-state index contributed by atoms with van der Waals surface area (Å²) >= 11 is 3.40. The Balaban J connectivity index is 2.15. The lowest BCUT2D eigenvalue weighted by molar-refractivity contribution is 0.795. The van der Waals surface area contributed by atoms with Gasteiger partial charge in [0.15, 0.2) is 0 Å². The first-order valence-corrected chi connectivity index (χ1v) is 7.58. The highest BCUT2D eigenvalue weighted by Gasteiger charge is 2.05. The van der Waals surface area contributed by atoms with E-state index in [0.29, 0.717) is 5.56 Å². The third kappa shape index (κ3) is 3.61. The second-order valence-corrected chi connectivity index (χ2v) is 5.55. The Bertz CT molecular complexity index is 612. The van der Waals surface area contributed by atoms with Crippen molar-refractivity contribution < 1.29 is 0 Å². The second kappa shape index (κ2) is 7.12. The van der Waals surface area contributed by atoms with E-state index in [4.69, 9.17) is 0 Å². The Hall–Kier alpha value is -1.79. The normalized spacial score (nSPS) is 10.1. The number of rotatable bonds is 5. The molecule has 0 amide bonds. The van der Waals surface area contributed by atoms with Gasteiger partial charge in [-0.05, 0) is 58.6 Å². The summed E-state index contributed by atoms with van der Waals surface area (Å²) in [6.07, 6.45) is 3.55. The van der Waals surface area contributed by atoms with E-state index in [1.54, 1.807) is 0 Å². The quantitative estimate of drug-likeness (QED) is 0.796. The summed E-state index contributed by atoms with van der Waals surface area (Å²) in [7, 11) is 0. The van der Waals surface area contributed by atoms with Crippen LogP contribution < -0.4 is 5.32 Å². The SMILES string of the molecule is CCCCc1ccc(Nc2cccc(Br)c2C#N)cc1. The first-order chi connectivity index (χ1) is 9.74. The summed E-state index contributed by atoms with van der Waals surface area (Å²) in [4.78, 5) is 0. The van der Waals surface area contributed by atoms with Crippen molar-refractivity contribution in [2.45, 2.75) is 26.2 Å². The molecule has 0 heterocycles. The fraction of sp³-hybridized carbons (Fsp3) is 0.235. The van der Waals surface area contributed by atoms with Crippen LogP contribution >= 0.6 is 15.9 Å². The highest BCUT2D eigenvalue weighted by atomic mass is 79.9.